The van der Waals surface area contributed by atoms with Crippen molar-refractivity contribution < 1.29 is 4.92 Å². The highest BCUT2D eigenvalue weighted by molar-refractivity contribution is 6.33. The third-order valence-corrected chi connectivity index (χ3v) is 2.91. The van der Waals surface area contributed by atoms with E-state index in [1.807, 2.05) is 0 Å². The Labute approximate surface area is 92.6 Å². The molecule has 0 amide bonds. The second-order valence-corrected chi connectivity index (χ2v) is 3.99. The van der Waals surface area contributed by atoms with Crippen LogP contribution in [0.25, 0.3) is 0 Å². The topological polar surface area (TPSA) is 46.4 Å². The van der Waals surface area contributed by atoms with Crippen molar-refractivity contribution in [2.45, 2.75) is 12.8 Å². The van der Waals surface area contributed by atoms with Crippen LogP contribution in [0.2, 0.25) is 5.02 Å². The molecular weight excluding hydrogens is 216 g/mol. The third-order valence-electron chi connectivity index (χ3n) is 2.59. The van der Waals surface area contributed by atoms with Gasteiger partial charge in [0.25, 0.3) is 5.69 Å². The minimum absolute atomic E-state index is 0.0984. The molecule has 0 N–H and O–H groups in total. The lowest BCUT2D eigenvalue weighted by Gasteiger charge is -2.18. The molecule has 0 spiro atoms. The highest BCUT2D eigenvalue weighted by atomic mass is 35.5. The predicted octanol–water partition coefficient (Wildman–Crippen LogP) is 2.85. The van der Waals surface area contributed by atoms with Gasteiger partial charge in [-0.3, -0.25) is 10.1 Å². The first kappa shape index (κ1) is 10.2. The van der Waals surface area contributed by atoms with Crippen LogP contribution in [0, 0.1) is 10.1 Å². The molecule has 80 valence electrons. The molecule has 0 atom stereocenters. The van der Waals surface area contributed by atoms with Crippen molar-refractivity contribution in [3.63, 3.8) is 0 Å². The van der Waals surface area contributed by atoms with E-state index in [2.05, 4.69) is 4.90 Å². The second kappa shape index (κ2) is 4.06. The first-order valence-corrected chi connectivity index (χ1v) is 5.25. The van der Waals surface area contributed by atoms with Gasteiger partial charge in [-0.05, 0) is 18.9 Å². The number of nitro benzene ring substituents is 1. The Morgan fingerprint density at radius 1 is 1.33 bits per heavy atom. The molecule has 1 fully saturated rings. The lowest BCUT2D eigenvalue weighted by molar-refractivity contribution is -0.384. The molecule has 2 rings (SSSR count). The number of nitrogens with zero attached hydrogens (tertiary/aromatic N) is 2. The van der Waals surface area contributed by atoms with Crippen molar-refractivity contribution in [3.8, 4) is 0 Å². The normalized spacial score (nSPS) is 15.7. The summed E-state index contributed by atoms with van der Waals surface area (Å²) in [6.07, 6.45) is 2.25. The average Bonchev–Trinajstić information content (AvgIpc) is 2.71. The Balaban J connectivity index is 2.35. The predicted molar refractivity (Wildman–Crippen MR) is 59.6 cm³/mol. The van der Waals surface area contributed by atoms with Crippen molar-refractivity contribution >= 4 is 23.0 Å². The summed E-state index contributed by atoms with van der Waals surface area (Å²) in [5.74, 6) is 0. The van der Waals surface area contributed by atoms with Crippen LogP contribution in [0.3, 0.4) is 0 Å². The summed E-state index contributed by atoms with van der Waals surface area (Å²) in [6.45, 7) is 1.86. The number of benzene rings is 1. The molecule has 1 aliphatic rings. The average molecular weight is 227 g/mol. The molecule has 0 bridgehead atoms. The molecule has 15 heavy (non-hydrogen) atoms. The van der Waals surface area contributed by atoms with E-state index in [9.17, 15) is 10.1 Å². The Morgan fingerprint density at radius 3 is 2.60 bits per heavy atom. The van der Waals surface area contributed by atoms with Gasteiger partial charge in [-0.25, -0.2) is 0 Å². The smallest absolute Gasteiger partial charge is 0.271 e. The van der Waals surface area contributed by atoms with Gasteiger partial charge in [-0.1, -0.05) is 11.6 Å². The van der Waals surface area contributed by atoms with E-state index in [1.165, 1.54) is 6.07 Å². The molecule has 1 aromatic rings. The number of non-ortho nitro benzene ring substituents is 1. The van der Waals surface area contributed by atoms with Gasteiger partial charge in [0.2, 0.25) is 0 Å². The van der Waals surface area contributed by atoms with Crippen LogP contribution in [-0.4, -0.2) is 18.0 Å². The summed E-state index contributed by atoms with van der Waals surface area (Å²) >= 11 is 6.02. The summed E-state index contributed by atoms with van der Waals surface area (Å²) in [5, 5.41) is 11.2. The van der Waals surface area contributed by atoms with Crippen molar-refractivity contribution in [2.24, 2.45) is 0 Å². The molecule has 0 unspecified atom stereocenters. The summed E-state index contributed by atoms with van der Waals surface area (Å²) in [4.78, 5) is 12.3. The monoisotopic (exact) mass is 226 g/mol. The Hall–Kier alpha value is -1.29. The number of halogens is 1. The highest BCUT2D eigenvalue weighted by Gasteiger charge is 2.18. The standard InChI is InChI=1S/C10H11ClN2O2/c11-9-4-3-8(13(14)15)7-10(9)12-5-1-2-6-12/h3-4,7H,1-2,5-6H2. The maximum atomic E-state index is 10.6. The molecular formula is C10H11ClN2O2. The SMILES string of the molecule is O=[N+]([O-])c1ccc(Cl)c(N2CCCC2)c1. The lowest BCUT2D eigenvalue weighted by Crippen LogP contribution is -2.18. The molecule has 0 aliphatic carbocycles. The number of hydrogen-bond acceptors (Lipinski definition) is 3. The molecule has 1 saturated heterocycles. The summed E-state index contributed by atoms with van der Waals surface area (Å²) < 4.78 is 0. The van der Waals surface area contributed by atoms with E-state index < -0.39 is 4.92 Å². The first-order chi connectivity index (χ1) is 7.18. The van der Waals surface area contributed by atoms with Crippen LogP contribution in [-0.2, 0) is 0 Å². The zero-order valence-electron chi connectivity index (χ0n) is 8.15. The van der Waals surface area contributed by atoms with Gasteiger partial charge in [0.1, 0.15) is 0 Å². The maximum absolute atomic E-state index is 10.6. The van der Waals surface area contributed by atoms with Crippen molar-refractivity contribution in [2.75, 3.05) is 18.0 Å². The summed E-state index contributed by atoms with van der Waals surface area (Å²) in [7, 11) is 0. The van der Waals surface area contributed by atoms with E-state index >= 15 is 0 Å². The Kier molecular flexibility index (Phi) is 2.77. The van der Waals surface area contributed by atoms with Gasteiger partial charge in [0.15, 0.2) is 0 Å². The molecule has 1 heterocycles. The molecule has 0 saturated carbocycles. The first-order valence-electron chi connectivity index (χ1n) is 4.87. The summed E-state index contributed by atoms with van der Waals surface area (Å²) in [6, 6.07) is 4.57. The van der Waals surface area contributed by atoms with Gasteiger partial charge < -0.3 is 4.90 Å². The zero-order valence-corrected chi connectivity index (χ0v) is 8.91. The highest BCUT2D eigenvalue weighted by Crippen LogP contribution is 2.31. The van der Waals surface area contributed by atoms with Gasteiger partial charge in [-0.15, -0.1) is 0 Å². The molecule has 5 heteroatoms. The maximum Gasteiger partial charge on any atom is 0.271 e. The van der Waals surface area contributed by atoms with Crippen molar-refractivity contribution in [1.29, 1.82) is 0 Å². The number of nitro groups is 1. The van der Waals surface area contributed by atoms with Crippen LogP contribution >= 0.6 is 11.6 Å². The van der Waals surface area contributed by atoms with Crippen molar-refractivity contribution in [3.05, 3.63) is 33.3 Å². The van der Waals surface area contributed by atoms with Crippen LogP contribution in [0.15, 0.2) is 18.2 Å². The van der Waals surface area contributed by atoms with Crippen LogP contribution in [0.5, 0.6) is 0 Å². The Morgan fingerprint density at radius 2 is 2.00 bits per heavy atom. The van der Waals surface area contributed by atoms with Gasteiger partial charge in [-0.2, -0.15) is 0 Å². The van der Waals surface area contributed by atoms with E-state index in [0.717, 1.165) is 31.6 Å². The third kappa shape index (κ3) is 2.04. The second-order valence-electron chi connectivity index (χ2n) is 3.59. The van der Waals surface area contributed by atoms with E-state index in [0.29, 0.717) is 5.02 Å². The minimum Gasteiger partial charge on any atom is -0.370 e. The molecule has 1 aliphatic heterocycles. The fourth-order valence-corrected chi connectivity index (χ4v) is 2.05. The number of hydrogen-bond donors (Lipinski definition) is 0. The molecule has 0 aromatic heterocycles. The Bertz CT molecular complexity index is 389. The lowest BCUT2D eigenvalue weighted by atomic mass is 10.2. The van der Waals surface area contributed by atoms with Crippen LogP contribution in [0.1, 0.15) is 12.8 Å². The molecule has 0 radical (unpaired) electrons. The van der Waals surface area contributed by atoms with E-state index in [1.54, 1.807) is 12.1 Å². The fourth-order valence-electron chi connectivity index (χ4n) is 1.81. The minimum atomic E-state index is -0.393. The fraction of sp³-hybridized carbons (Fsp3) is 0.400. The van der Waals surface area contributed by atoms with E-state index in [-0.39, 0.29) is 5.69 Å². The number of rotatable bonds is 2. The van der Waals surface area contributed by atoms with E-state index in [4.69, 9.17) is 11.6 Å². The zero-order chi connectivity index (χ0) is 10.8. The molecule has 4 nitrogen and oxygen atoms in total. The molecule has 1 aromatic carbocycles. The van der Waals surface area contributed by atoms with Gasteiger partial charge in [0.05, 0.1) is 15.6 Å². The summed E-state index contributed by atoms with van der Waals surface area (Å²) in [5.41, 5.74) is 0.879. The van der Waals surface area contributed by atoms with Crippen LogP contribution < -0.4 is 4.90 Å². The largest absolute Gasteiger partial charge is 0.370 e. The quantitative estimate of drug-likeness (QED) is 0.576. The van der Waals surface area contributed by atoms with Crippen LogP contribution in [0.4, 0.5) is 11.4 Å². The van der Waals surface area contributed by atoms with Gasteiger partial charge in [0, 0.05) is 25.2 Å². The number of anilines is 1. The van der Waals surface area contributed by atoms with Gasteiger partial charge >= 0.3 is 0 Å². The van der Waals surface area contributed by atoms with Crippen molar-refractivity contribution in [1.82, 2.24) is 0 Å².